The topological polar surface area (TPSA) is 106 Å². The van der Waals surface area contributed by atoms with Crippen LogP contribution in [0.1, 0.15) is 17.3 Å². The van der Waals surface area contributed by atoms with E-state index in [1.165, 1.54) is 13.3 Å². The van der Waals surface area contributed by atoms with Crippen molar-refractivity contribution in [2.75, 3.05) is 23.3 Å². The highest BCUT2D eigenvalue weighted by Crippen LogP contribution is 2.28. The minimum Gasteiger partial charge on any atom is -0.353 e. The van der Waals surface area contributed by atoms with Crippen LogP contribution in [0.3, 0.4) is 0 Å². The molecule has 3 heterocycles. The average molecular weight is 351 g/mol. The van der Waals surface area contributed by atoms with Gasteiger partial charge >= 0.3 is 0 Å². The molecule has 1 saturated heterocycles. The lowest BCUT2D eigenvalue weighted by Gasteiger charge is -2.38. The van der Waals surface area contributed by atoms with Crippen LogP contribution in [0.25, 0.3) is 11.2 Å². The molecule has 1 amide bonds. The number of aryl methyl sites for hydroxylation is 1. The van der Waals surface area contributed by atoms with E-state index in [4.69, 9.17) is 0 Å². The number of hydrogen-bond acceptors (Lipinski definition) is 7. The third-order valence-electron chi connectivity index (χ3n) is 4.48. The summed E-state index contributed by atoms with van der Waals surface area (Å²) in [4.78, 5) is 34.1. The van der Waals surface area contributed by atoms with Crippen molar-refractivity contribution in [3.63, 3.8) is 0 Å². The number of nitrogens with zero attached hydrogens (tertiary/aromatic N) is 6. The van der Waals surface area contributed by atoms with Gasteiger partial charge in [-0.15, -0.1) is 5.10 Å². The maximum Gasteiger partial charge on any atom is 0.231 e. The van der Waals surface area contributed by atoms with Gasteiger partial charge in [-0.25, -0.2) is 14.6 Å². The van der Waals surface area contributed by atoms with Gasteiger partial charge in [-0.2, -0.15) is 0 Å². The second-order valence-corrected chi connectivity index (χ2v) is 6.31. The normalized spacial score (nSPS) is 14.3. The molecule has 2 aromatic heterocycles. The van der Waals surface area contributed by atoms with Gasteiger partial charge < -0.3 is 10.2 Å². The van der Waals surface area contributed by atoms with Gasteiger partial charge in [-0.05, 0) is 31.2 Å². The first-order valence-corrected chi connectivity index (χ1v) is 8.20. The van der Waals surface area contributed by atoms with Crippen LogP contribution in [0.4, 0.5) is 11.5 Å². The van der Waals surface area contributed by atoms with Crippen molar-refractivity contribution in [1.82, 2.24) is 25.0 Å². The lowest BCUT2D eigenvalue weighted by Crippen LogP contribution is -2.52. The van der Waals surface area contributed by atoms with Crippen LogP contribution in [0.5, 0.6) is 0 Å². The van der Waals surface area contributed by atoms with Crippen LogP contribution >= 0.6 is 0 Å². The minimum atomic E-state index is -0.135. The molecular formula is C17H17N7O2. The van der Waals surface area contributed by atoms with Crippen molar-refractivity contribution in [1.29, 1.82) is 0 Å². The third kappa shape index (κ3) is 2.77. The van der Waals surface area contributed by atoms with Gasteiger partial charge in [0.2, 0.25) is 5.91 Å². The molecule has 0 unspecified atom stereocenters. The van der Waals surface area contributed by atoms with E-state index in [0.717, 1.165) is 0 Å². The zero-order valence-corrected chi connectivity index (χ0v) is 14.4. The summed E-state index contributed by atoms with van der Waals surface area (Å²) in [7, 11) is 1.77. The quantitative estimate of drug-likeness (QED) is 0.700. The highest BCUT2D eigenvalue weighted by Gasteiger charge is 2.35. The Kier molecular flexibility index (Phi) is 3.83. The molecular weight excluding hydrogens is 334 g/mol. The summed E-state index contributed by atoms with van der Waals surface area (Å²) < 4.78 is 1.59. The predicted molar refractivity (Wildman–Crippen MR) is 94.9 cm³/mol. The molecule has 3 aromatic rings. The third-order valence-corrected chi connectivity index (χ3v) is 4.48. The summed E-state index contributed by atoms with van der Waals surface area (Å²) in [5, 5.41) is 10.9. The lowest BCUT2D eigenvalue weighted by atomic mass is 9.99. The fourth-order valence-corrected chi connectivity index (χ4v) is 2.92. The van der Waals surface area contributed by atoms with Crippen LogP contribution in [0.15, 0.2) is 30.6 Å². The number of aromatic nitrogens is 5. The molecule has 0 bridgehead atoms. The number of amides is 1. The number of anilines is 2. The van der Waals surface area contributed by atoms with Crippen LogP contribution in [-0.4, -0.2) is 49.7 Å². The molecule has 1 aliphatic heterocycles. The zero-order chi connectivity index (χ0) is 18.3. The Hall–Kier alpha value is -3.36. The molecule has 4 rings (SSSR count). The van der Waals surface area contributed by atoms with Gasteiger partial charge in [-0.3, -0.25) is 9.59 Å². The van der Waals surface area contributed by atoms with E-state index < -0.39 is 0 Å². The molecule has 1 aliphatic rings. The molecule has 0 saturated carbocycles. The van der Waals surface area contributed by atoms with Gasteiger partial charge in [0.05, 0.1) is 5.92 Å². The Bertz CT molecular complexity index is 990. The maximum absolute atomic E-state index is 12.4. The van der Waals surface area contributed by atoms with Gasteiger partial charge in [0.1, 0.15) is 6.33 Å². The SMILES string of the molecule is CC(=O)c1ccc(NC(=O)C2CN(c3ncnc4c3nnn4C)C2)cc1. The van der Waals surface area contributed by atoms with E-state index >= 15 is 0 Å². The number of Topliss-reactive ketones (excluding diaryl/α,β-unsaturated/α-hetero) is 1. The summed E-state index contributed by atoms with van der Waals surface area (Å²) in [5.74, 6) is 0.501. The number of ketones is 1. The van der Waals surface area contributed by atoms with E-state index in [2.05, 4.69) is 25.6 Å². The van der Waals surface area contributed by atoms with Crippen molar-refractivity contribution in [2.45, 2.75) is 6.92 Å². The van der Waals surface area contributed by atoms with Crippen molar-refractivity contribution in [3.05, 3.63) is 36.2 Å². The number of carbonyl (C=O) groups excluding carboxylic acids is 2. The Morgan fingerprint density at radius 2 is 1.88 bits per heavy atom. The van der Waals surface area contributed by atoms with E-state index in [9.17, 15) is 9.59 Å². The Labute approximate surface area is 149 Å². The number of carbonyl (C=O) groups is 2. The summed E-state index contributed by atoms with van der Waals surface area (Å²) in [6.45, 7) is 2.62. The van der Waals surface area contributed by atoms with E-state index in [-0.39, 0.29) is 17.6 Å². The molecule has 0 spiro atoms. The number of benzene rings is 1. The predicted octanol–water partition coefficient (Wildman–Crippen LogP) is 1.04. The lowest BCUT2D eigenvalue weighted by molar-refractivity contribution is -0.120. The van der Waals surface area contributed by atoms with Crippen molar-refractivity contribution in [3.8, 4) is 0 Å². The van der Waals surface area contributed by atoms with Gasteiger partial charge in [0.15, 0.2) is 22.8 Å². The van der Waals surface area contributed by atoms with Crippen LogP contribution in [-0.2, 0) is 11.8 Å². The molecule has 9 heteroatoms. The van der Waals surface area contributed by atoms with Crippen LogP contribution in [0, 0.1) is 5.92 Å². The van der Waals surface area contributed by atoms with Gasteiger partial charge in [0, 0.05) is 31.4 Å². The summed E-state index contributed by atoms with van der Waals surface area (Å²) in [6, 6.07) is 6.88. The molecule has 132 valence electrons. The van der Waals surface area contributed by atoms with Crippen molar-refractivity contribution in [2.24, 2.45) is 13.0 Å². The van der Waals surface area contributed by atoms with Crippen molar-refractivity contribution < 1.29 is 9.59 Å². The first-order valence-electron chi connectivity index (χ1n) is 8.20. The first-order chi connectivity index (χ1) is 12.5. The minimum absolute atomic E-state index is 0.00214. The molecule has 26 heavy (non-hydrogen) atoms. The largest absolute Gasteiger partial charge is 0.353 e. The monoisotopic (exact) mass is 351 g/mol. The molecule has 0 atom stereocenters. The first kappa shape index (κ1) is 16.1. The Morgan fingerprint density at radius 3 is 2.58 bits per heavy atom. The summed E-state index contributed by atoms with van der Waals surface area (Å²) >= 11 is 0. The average Bonchev–Trinajstić information content (AvgIpc) is 2.96. The van der Waals surface area contributed by atoms with Gasteiger partial charge in [-0.1, -0.05) is 5.21 Å². The maximum atomic E-state index is 12.4. The Morgan fingerprint density at radius 1 is 1.15 bits per heavy atom. The van der Waals surface area contributed by atoms with Crippen LogP contribution in [0.2, 0.25) is 0 Å². The number of fused-ring (bicyclic) bond motifs is 1. The molecule has 1 fully saturated rings. The zero-order valence-electron chi connectivity index (χ0n) is 14.4. The fourth-order valence-electron chi connectivity index (χ4n) is 2.92. The highest BCUT2D eigenvalue weighted by atomic mass is 16.2. The molecule has 1 aromatic carbocycles. The summed E-state index contributed by atoms with van der Waals surface area (Å²) in [6.07, 6.45) is 1.48. The molecule has 9 nitrogen and oxygen atoms in total. The highest BCUT2D eigenvalue weighted by molar-refractivity contribution is 5.97. The van der Waals surface area contributed by atoms with E-state index in [1.807, 2.05) is 4.90 Å². The second-order valence-electron chi connectivity index (χ2n) is 6.31. The summed E-state index contributed by atoms with van der Waals surface area (Å²) in [5.41, 5.74) is 2.59. The number of hydrogen-bond donors (Lipinski definition) is 1. The van der Waals surface area contributed by atoms with E-state index in [0.29, 0.717) is 41.3 Å². The molecule has 1 N–H and O–H groups in total. The van der Waals surface area contributed by atoms with Gasteiger partial charge in [0.25, 0.3) is 0 Å². The molecule has 0 aliphatic carbocycles. The van der Waals surface area contributed by atoms with E-state index in [1.54, 1.807) is 36.0 Å². The fraction of sp³-hybridized carbons (Fsp3) is 0.294. The smallest absolute Gasteiger partial charge is 0.231 e. The van der Waals surface area contributed by atoms with Crippen LogP contribution < -0.4 is 10.2 Å². The standard InChI is InChI=1S/C17H17N7O2/c1-10(25)11-3-5-13(6-4-11)20-17(26)12-7-24(8-12)16-14-15(18-9-19-16)23(2)22-21-14/h3-6,9,12H,7-8H2,1-2H3,(H,20,26). The Balaban J connectivity index is 1.41. The van der Waals surface area contributed by atoms with Crippen molar-refractivity contribution >= 4 is 34.4 Å². The molecule has 0 radical (unpaired) electrons. The number of rotatable bonds is 4. The number of nitrogens with one attached hydrogen (secondary N) is 1. The second kappa shape index (κ2) is 6.17.